The van der Waals surface area contributed by atoms with Crippen LogP contribution in [0.5, 0.6) is 0 Å². The molecule has 0 aliphatic rings. The summed E-state index contributed by atoms with van der Waals surface area (Å²) in [7, 11) is 6.35. The summed E-state index contributed by atoms with van der Waals surface area (Å²) in [6, 6.07) is 0. The van der Waals surface area contributed by atoms with Gasteiger partial charge >= 0.3 is 0 Å². The zero-order valence-electron chi connectivity index (χ0n) is 9.20. The zero-order chi connectivity index (χ0) is 10.8. The molecular weight excluding hydrogens is 184 g/mol. The largest absolute Gasteiger partial charge is 0.355 e. The lowest BCUT2D eigenvalue weighted by molar-refractivity contribution is -0.0989. The second-order valence-electron chi connectivity index (χ2n) is 2.56. The van der Waals surface area contributed by atoms with E-state index in [4.69, 9.17) is 18.9 Å². The maximum atomic E-state index is 4.97. The summed E-state index contributed by atoms with van der Waals surface area (Å²) in [5.74, 6) is 5.85. The number of hydrogen-bond acceptors (Lipinski definition) is 4. The first-order valence-electron chi connectivity index (χ1n) is 4.35. The number of ether oxygens (including phenoxy) is 4. The zero-order valence-corrected chi connectivity index (χ0v) is 9.20. The van der Waals surface area contributed by atoms with Crippen molar-refractivity contribution in [2.75, 3.05) is 28.4 Å². The molecule has 4 nitrogen and oxygen atoms in total. The van der Waals surface area contributed by atoms with Crippen LogP contribution in [-0.2, 0) is 18.9 Å². The van der Waals surface area contributed by atoms with Gasteiger partial charge in [0.25, 0.3) is 0 Å². The minimum atomic E-state index is -0.258. The first kappa shape index (κ1) is 13.4. The molecule has 82 valence electrons. The van der Waals surface area contributed by atoms with Gasteiger partial charge in [-0.3, -0.25) is 0 Å². The van der Waals surface area contributed by atoms with Crippen molar-refractivity contribution in [2.45, 2.75) is 25.4 Å². The molecule has 0 saturated heterocycles. The van der Waals surface area contributed by atoms with Crippen LogP contribution in [0.15, 0.2) is 0 Å². The van der Waals surface area contributed by atoms with E-state index in [-0.39, 0.29) is 12.6 Å². The quantitative estimate of drug-likeness (QED) is 0.476. The predicted molar refractivity (Wildman–Crippen MR) is 52.6 cm³/mol. The predicted octanol–water partition coefficient (Wildman–Crippen LogP) is 1.01. The molecule has 0 spiro atoms. The van der Waals surface area contributed by atoms with E-state index in [2.05, 4.69) is 11.8 Å². The van der Waals surface area contributed by atoms with E-state index >= 15 is 0 Å². The fraction of sp³-hybridized carbons (Fsp3) is 0.800. The second-order valence-corrected chi connectivity index (χ2v) is 2.56. The summed E-state index contributed by atoms with van der Waals surface area (Å²) < 4.78 is 19.9. The van der Waals surface area contributed by atoms with Crippen LogP contribution in [0.25, 0.3) is 0 Å². The minimum absolute atomic E-state index is 0.258. The third-order valence-electron chi connectivity index (χ3n) is 1.71. The fourth-order valence-electron chi connectivity index (χ4n) is 0.837. The summed E-state index contributed by atoms with van der Waals surface area (Å²) >= 11 is 0. The van der Waals surface area contributed by atoms with E-state index in [9.17, 15) is 0 Å². The number of rotatable bonds is 6. The summed E-state index contributed by atoms with van der Waals surface area (Å²) in [6.07, 6.45) is 0.581. The molecule has 0 bridgehead atoms. The Bertz CT molecular complexity index is 156. The average Bonchev–Trinajstić information content (AvgIpc) is 2.24. The van der Waals surface area contributed by atoms with Crippen molar-refractivity contribution in [2.24, 2.45) is 0 Å². The van der Waals surface area contributed by atoms with Gasteiger partial charge in [-0.05, 0) is 0 Å². The van der Waals surface area contributed by atoms with E-state index < -0.39 is 0 Å². The van der Waals surface area contributed by atoms with Gasteiger partial charge in [0.1, 0.15) is 0 Å². The molecule has 0 N–H and O–H groups in total. The normalized spacial score (nSPS) is 10.4. The molecule has 0 atom stereocenters. The Morgan fingerprint density at radius 2 is 1.00 bits per heavy atom. The Balaban J connectivity index is 3.70. The SMILES string of the molecule is COC(CC#CCC(OC)OC)OC. The third-order valence-corrected chi connectivity index (χ3v) is 1.71. The van der Waals surface area contributed by atoms with Gasteiger partial charge in [0.05, 0.1) is 12.8 Å². The molecule has 0 aromatic heterocycles. The first-order valence-corrected chi connectivity index (χ1v) is 4.35. The molecule has 0 aromatic rings. The van der Waals surface area contributed by atoms with E-state index in [0.717, 1.165) is 0 Å². The van der Waals surface area contributed by atoms with Crippen LogP contribution >= 0.6 is 0 Å². The molecule has 0 amide bonds. The number of methoxy groups -OCH3 is 4. The molecule has 4 heteroatoms. The highest BCUT2D eigenvalue weighted by Gasteiger charge is 2.02. The molecule has 0 aromatic carbocycles. The lowest BCUT2D eigenvalue weighted by Crippen LogP contribution is -2.12. The highest BCUT2D eigenvalue weighted by Crippen LogP contribution is 1.98. The summed E-state index contributed by atoms with van der Waals surface area (Å²) in [5, 5.41) is 0. The Morgan fingerprint density at radius 1 is 0.714 bits per heavy atom. The van der Waals surface area contributed by atoms with Gasteiger partial charge < -0.3 is 18.9 Å². The molecule has 0 unspecified atom stereocenters. The molecule has 0 saturated carbocycles. The summed E-state index contributed by atoms with van der Waals surface area (Å²) in [5.41, 5.74) is 0. The maximum absolute atomic E-state index is 4.97. The second kappa shape index (κ2) is 8.97. The smallest absolute Gasteiger partial charge is 0.167 e. The summed E-state index contributed by atoms with van der Waals surface area (Å²) in [6.45, 7) is 0. The molecular formula is C10H18O4. The van der Waals surface area contributed by atoms with Gasteiger partial charge in [-0.2, -0.15) is 0 Å². The van der Waals surface area contributed by atoms with Gasteiger partial charge in [-0.25, -0.2) is 0 Å². The molecule has 0 aliphatic carbocycles. The monoisotopic (exact) mass is 202 g/mol. The van der Waals surface area contributed by atoms with Crippen LogP contribution in [0.1, 0.15) is 12.8 Å². The van der Waals surface area contributed by atoms with Crippen molar-refractivity contribution < 1.29 is 18.9 Å². The highest BCUT2D eigenvalue weighted by atomic mass is 16.7. The summed E-state index contributed by atoms with van der Waals surface area (Å²) in [4.78, 5) is 0. The average molecular weight is 202 g/mol. The van der Waals surface area contributed by atoms with Crippen molar-refractivity contribution in [3.63, 3.8) is 0 Å². The Morgan fingerprint density at radius 3 is 1.21 bits per heavy atom. The molecule has 0 heterocycles. The topological polar surface area (TPSA) is 36.9 Å². The van der Waals surface area contributed by atoms with Gasteiger partial charge in [0.2, 0.25) is 0 Å². The fourth-order valence-corrected chi connectivity index (χ4v) is 0.837. The van der Waals surface area contributed by atoms with Crippen LogP contribution in [0.3, 0.4) is 0 Å². The molecule has 0 aliphatic heterocycles. The van der Waals surface area contributed by atoms with E-state index in [0.29, 0.717) is 12.8 Å². The molecule has 14 heavy (non-hydrogen) atoms. The number of hydrogen-bond donors (Lipinski definition) is 0. The molecule has 0 radical (unpaired) electrons. The maximum Gasteiger partial charge on any atom is 0.167 e. The Kier molecular flexibility index (Phi) is 8.59. The standard InChI is InChI=1S/C10H18O4/c1-11-9(12-2)7-5-6-8-10(13-3)14-4/h9-10H,7-8H2,1-4H3. The van der Waals surface area contributed by atoms with E-state index in [1.807, 2.05) is 0 Å². The van der Waals surface area contributed by atoms with Crippen molar-refractivity contribution >= 4 is 0 Å². The lowest BCUT2D eigenvalue weighted by atomic mass is 10.3. The third kappa shape index (κ3) is 5.95. The van der Waals surface area contributed by atoms with Crippen LogP contribution in [0, 0.1) is 11.8 Å². The van der Waals surface area contributed by atoms with Crippen LogP contribution in [0.2, 0.25) is 0 Å². The molecule has 0 fully saturated rings. The van der Waals surface area contributed by atoms with Crippen molar-refractivity contribution in [1.82, 2.24) is 0 Å². The lowest BCUT2D eigenvalue weighted by Gasteiger charge is -2.09. The Hall–Kier alpha value is -0.600. The van der Waals surface area contributed by atoms with Crippen molar-refractivity contribution in [3.05, 3.63) is 0 Å². The Labute approximate surface area is 85.5 Å². The van der Waals surface area contributed by atoms with Crippen LogP contribution in [-0.4, -0.2) is 41.0 Å². The highest BCUT2D eigenvalue weighted by molar-refractivity contribution is 5.00. The van der Waals surface area contributed by atoms with Gasteiger partial charge in [-0.15, -0.1) is 0 Å². The molecule has 0 rings (SSSR count). The van der Waals surface area contributed by atoms with Gasteiger partial charge in [0, 0.05) is 28.4 Å². The van der Waals surface area contributed by atoms with Crippen LogP contribution < -0.4 is 0 Å². The van der Waals surface area contributed by atoms with Crippen molar-refractivity contribution in [3.8, 4) is 11.8 Å². The van der Waals surface area contributed by atoms with Crippen molar-refractivity contribution in [1.29, 1.82) is 0 Å². The first-order chi connectivity index (χ1) is 6.78. The van der Waals surface area contributed by atoms with Gasteiger partial charge in [0.15, 0.2) is 12.6 Å². The van der Waals surface area contributed by atoms with Crippen LogP contribution in [0.4, 0.5) is 0 Å². The minimum Gasteiger partial charge on any atom is -0.355 e. The van der Waals surface area contributed by atoms with E-state index in [1.54, 1.807) is 28.4 Å². The van der Waals surface area contributed by atoms with E-state index in [1.165, 1.54) is 0 Å². The van der Waals surface area contributed by atoms with Gasteiger partial charge in [-0.1, -0.05) is 11.8 Å².